The summed E-state index contributed by atoms with van der Waals surface area (Å²) in [6, 6.07) is 1.05. The van der Waals surface area contributed by atoms with Gasteiger partial charge in [-0.3, -0.25) is 0 Å². The van der Waals surface area contributed by atoms with Gasteiger partial charge in [0.05, 0.1) is 17.8 Å². The average Bonchev–Trinajstić information content (AvgIpc) is 2.84. The SMILES string of the molecule is CCCNC(C)c1ncc(-c2c(F)cc(F)cc2F)o1. The van der Waals surface area contributed by atoms with E-state index < -0.39 is 23.0 Å². The molecule has 0 bridgehead atoms. The fourth-order valence-electron chi connectivity index (χ4n) is 1.83. The fraction of sp³-hybridized carbons (Fsp3) is 0.357. The lowest BCUT2D eigenvalue weighted by Crippen LogP contribution is -2.19. The summed E-state index contributed by atoms with van der Waals surface area (Å²) in [5, 5.41) is 3.15. The van der Waals surface area contributed by atoms with E-state index in [9.17, 15) is 13.2 Å². The van der Waals surface area contributed by atoms with E-state index in [1.165, 1.54) is 6.20 Å². The van der Waals surface area contributed by atoms with Crippen molar-refractivity contribution in [3.63, 3.8) is 0 Å². The predicted octanol–water partition coefficient (Wildman–Crippen LogP) is 3.82. The quantitative estimate of drug-likeness (QED) is 0.907. The molecule has 20 heavy (non-hydrogen) atoms. The second kappa shape index (κ2) is 6.09. The van der Waals surface area contributed by atoms with Crippen LogP contribution in [0.4, 0.5) is 13.2 Å². The highest BCUT2D eigenvalue weighted by molar-refractivity contribution is 5.58. The van der Waals surface area contributed by atoms with E-state index in [0.29, 0.717) is 18.0 Å². The molecule has 0 fully saturated rings. The van der Waals surface area contributed by atoms with Gasteiger partial charge in [-0.15, -0.1) is 0 Å². The van der Waals surface area contributed by atoms with Crippen molar-refractivity contribution >= 4 is 0 Å². The van der Waals surface area contributed by atoms with E-state index in [1.54, 1.807) is 0 Å². The molecule has 1 unspecified atom stereocenters. The number of nitrogens with zero attached hydrogens (tertiary/aromatic N) is 1. The third-order valence-corrected chi connectivity index (χ3v) is 2.85. The Labute approximate surface area is 114 Å². The molecule has 6 heteroatoms. The van der Waals surface area contributed by atoms with Crippen LogP contribution in [-0.2, 0) is 0 Å². The third-order valence-electron chi connectivity index (χ3n) is 2.85. The van der Waals surface area contributed by atoms with Crippen LogP contribution in [0.3, 0.4) is 0 Å². The van der Waals surface area contributed by atoms with Crippen molar-refractivity contribution < 1.29 is 17.6 Å². The molecule has 1 aromatic carbocycles. The minimum absolute atomic E-state index is 0.0554. The number of halogens is 3. The second-order valence-corrected chi connectivity index (χ2v) is 4.48. The van der Waals surface area contributed by atoms with Gasteiger partial charge in [0.25, 0.3) is 0 Å². The van der Waals surface area contributed by atoms with Crippen LogP contribution in [0.25, 0.3) is 11.3 Å². The Morgan fingerprint density at radius 3 is 2.50 bits per heavy atom. The largest absolute Gasteiger partial charge is 0.439 e. The summed E-state index contributed by atoms with van der Waals surface area (Å²) in [7, 11) is 0. The fourth-order valence-corrected chi connectivity index (χ4v) is 1.83. The van der Waals surface area contributed by atoms with Crippen LogP contribution >= 0.6 is 0 Å². The lowest BCUT2D eigenvalue weighted by molar-refractivity contribution is 0.420. The van der Waals surface area contributed by atoms with Gasteiger partial charge in [-0.2, -0.15) is 0 Å². The van der Waals surface area contributed by atoms with E-state index in [-0.39, 0.29) is 11.8 Å². The Kier molecular flexibility index (Phi) is 4.44. The van der Waals surface area contributed by atoms with Crippen molar-refractivity contribution in [1.82, 2.24) is 10.3 Å². The zero-order chi connectivity index (χ0) is 14.7. The maximum absolute atomic E-state index is 13.6. The number of aromatic nitrogens is 1. The molecule has 0 saturated heterocycles. The summed E-state index contributed by atoms with van der Waals surface area (Å²) in [4.78, 5) is 3.99. The Bertz CT molecular complexity index is 575. The van der Waals surface area contributed by atoms with Gasteiger partial charge >= 0.3 is 0 Å². The summed E-state index contributed by atoms with van der Waals surface area (Å²) >= 11 is 0. The molecule has 0 aliphatic rings. The van der Waals surface area contributed by atoms with E-state index in [1.807, 2.05) is 13.8 Å². The molecule has 1 N–H and O–H groups in total. The molecule has 0 aliphatic carbocycles. The van der Waals surface area contributed by atoms with Gasteiger partial charge < -0.3 is 9.73 Å². The van der Waals surface area contributed by atoms with Crippen LogP contribution in [0.2, 0.25) is 0 Å². The molecule has 1 aromatic heterocycles. The minimum atomic E-state index is -1.01. The normalized spacial score (nSPS) is 12.7. The molecule has 0 saturated carbocycles. The van der Waals surface area contributed by atoms with Crippen molar-refractivity contribution in [2.75, 3.05) is 6.54 Å². The van der Waals surface area contributed by atoms with Gasteiger partial charge in [0, 0.05) is 12.1 Å². The molecule has 0 radical (unpaired) electrons. The van der Waals surface area contributed by atoms with Crippen molar-refractivity contribution in [3.05, 3.63) is 41.7 Å². The Balaban J connectivity index is 2.29. The number of hydrogen-bond acceptors (Lipinski definition) is 3. The zero-order valence-electron chi connectivity index (χ0n) is 11.2. The van der Waals surface area contributed by atoms with Gasteiger partial charge in [0.15, 0.2) is 5.76 Å². The maximum atomic E-state index is 13.6. The highest BCUT2D eigenvalue weighted by Gasteiger charge is 2.19. The zero-order valence-corrected chi connectivity index (χ0v) is 11.2. The first-order valence-electron chi connectivity index (χ1n) is 6.37. The van der Waals surface area contributed by atoms with Crippen molar-refractivity contribution in [2.45, 2.75) is 26.3 Å². The number of hydrogen-bond donors (Lipinski definition) is 1. The van der Waals surface area contributed by atoms with E-state index in [0.717, 1.165) is 13.0 Å². The number of oxazole rings is 1. The van der Waals surface area contributed by atoms with Crippen LogP contribution in [0.5, 0.6) is 0 Å². The first-order chi connectivity index (χ1) is 9.52. The van der Waals surface area contributed by atoms with Gasteiger partial charge in [-0.25, -0.2) is 18.2 Å². The number of nitrogens with one attached hydrogen (secondary N) is 1. The van der Waals surface area contributed by atoms with Gasteiger partial charge in [-0.05, 0) is 19.9 Å². The summed E-state index contributed by atoms with van der Waals surface area (Å²) in [6.07, 6.45) is 2.18. The first-order valence-corrected chi connectivity index (χ1v) is 6.37. The molecule has 1 heterocycles. The van der Waals surface area contributed by atoms with Gasteiger partial charge in [-0.1, -0.05) is 6.92 Å². The Morgan fingerprint density at radius 1 is 1.25 bits per heavy atom. The first kappa shape index (κ1) is 14.6. The molecule has 0 spiro atoms. The molecular formula is C14H15F3N2O. The summed E-state index contributed by atoms with van der Waals surface area (Å²) < 4.78 is 45.5. The van der Waals surface area contributed by atoms with Crippen LogP contribution in [0, 0.1) is 17.5 Å². The topological polar surface area (TPSA) is 38.1 Å². The average molecular weight is 284 g/mol. The Morgan fingerprint density at radius 2 is 1.90 bits per heavy atom. The van der Waals surface area contributed by atoms with Gasteiger partial charge in [0.2, 0.25) is 5.89 Å². The lowest BCUT2D eigenvalue weighted by Gasteiger charge is -2.08. The van der Waals surface area contributed by atoms with E-state index in [2.05, 4.69) is 10.3 Å². The van der Waals surface area contributed by atoms with E-state index in [4.69, 9.17) is 4.42 Å². The maximum Gasteiger partial charge on any atom is 0.211 e. The molecule has 1 atom stereocenters. The minimum Gasteiger partial charge on any atom is -0.439 e. The van der Waals surface area contributed by atoms with Crippen molar-refractivity contribution in [1.29, 1.82) is 0 Å². The van der Waals surface area contributed by atoms with Gasteiger partial charge in [0.1, 0.15) is 17.5 Å². The Hall–Kier alpha value is -1.82. The molecular weight excluding hydrogens is 269 g/mol. The predicted molar refractivity (Wildman–Crippen MR) is 68.5 cm³/mol. The van der Waals surface area contributed by atoms with Crippen molar-refractivity contribution in [3.8, 4) is 11.3 Å². The molecule has 0 amide bonds. The highest BCUT2D eigenvalue weighted by atomic mass is 19.1. The van der Waals surface area contributed by atoms with Crippen molar-refractivity contribution in [2.24, 2.45) is 0 Å². The standard InChI is InChI=1S/C14H15F3N2O/c1-3-4-18-8(2)14-19-7-12(20-14)13-10(16)5-9(15)6-11(13)17/h5-8,18H,3-4H2,1-2H3. The molecule has 2 rings (SSSR count). The molecule has 108 valence electrons. The second-order valence-electron chi connectivity index (χ2n) is 4.48. The summed E-state index contributed by atoms with van der Waals surface area (Å²) in [5.41, 5.74) is -0.409. The highest BCUT2D eigenvalue weighted by Crippen LogP contribution is 2.28. The summed E-state index contributed by atoms with van der Waals surface area (Å²) in [5.74, 6) is -2.73. The summed E-state index contributed by atoms with van der Waals surface area (Å²) in [6.45, 7) is 4.63. The van der Waals surface area contributed by atoms with E-state index >= 15 is 0 Å². The van der Waals surface area contributed by atoms with Crippen LogP contribution in [-0.4, -0.2) is 11.5 Å². The van der Waals surface area contributed by atoms with Crippen LogP contribution in [0.15, 0.2) is 22.7 Å². The lowest BCUT2D eigenvalue weighted by atomic mass is 10.1. The molecule has 0 aliphatic heterocycles. The van der Waals surface area contributed by atoms with Crippen LogP contribution < -0.4 is 5.32 Å². The third kappa shape index (κ3) is 3.01. The number of rotatable bonds is 5. The smallest absolute Gasteiger partial charge is 0.211 e. The number of benzene rings is 1. The monoisotopic (exact) mass is 284 g/mol. The van der Waals surface area contributed by atoms with Crippen LogP contribution in [0.1, 0.15) is 32.2 Å². The molecule has 3 nitrogen and oxygen atoms in total. The molecule has 2 aromatic rings.